The second kappa shape index (κ2) is 6.81. The fourth-order valence-corrected chi connectivity index (χ4v) is 4.23. The van der Waals surface area contributed by atoms with E-state index in [-0.39, 0.29) is 11.0 Å². The standard InChI is InChI=1S/C16H23NOS2/c1-3-7-16(12-19,8-4-2)11-17-9-5-14-13(15(17)18)6-10-20-14/h5-6,9-10,19H,3-4,7-8,11-12H2,1-2H3. The van der Waals surface area contributed by atoms with E-state index in [0.717, 1.165) is 48.1 Å². The van der Waals surface area contributed by atoms with Gasteiger partial charge in [0.2, 0.25) is 0 Å². The summed E-state index contributed by atoms with van der Waals surface area (Å²) in [7, 11) is 0. The molecule has 0 saturated carbocycles. The van der Waals surface area contributed by atoms with E-state index in [1.165, 1.54) is 0 Å². The third kappa shape index (κ3) is 3.12. The molecule has 0 aliphatic carbocycles. The first kappa shape index (κ1) is 15.6. The average molecular weight is 310 g/mol. The molecule has 20 heavy (non-hydrogen) atoms. The van der Waals surface area contributed by atoms with E-state index in [0.29, 0.717) is 0 Å². The van der Waals surface area contributed by atoms with Crippen molar-refractivity contribution in [2.24, 2.45) is 5.41 Å². The van der Waals surface area contributed by atoms with Crippen LogP contribution in [0, 0.1) is 5.41 Å². The smallest absolute Gasteiger partial charge is 0.259 e. The summed E-state index contributed by atoms with van der Waals surface area (Å²) in [6.45, 7) is 5.19. The summed E-state index contributed by atoms with van der Waals surface area (Å²) in [5.74, 6) is 0.836. The molecule has 4 heteroatoms. The van der Waals surface area contributed by atoms with Gasteiger partial charge in [-0.2, -0.15) is 12.6 Å². The second-order valence-electron chi connectivity index (χ2n) is 5.61. The van der Waals surface area contributed by atoms with Crippen LogP contribution in [0.4, 0.5) is 0 Å². The van der Waals surface area contributed by atoms with Crippen LogP contribution in [0.1, 0.15) is 39.5 Å². The van der Waals surface area contributed by atoms with Gasteiger partial charge in [0, 0.05) is 17.4 Å². The van der Waals surface area contributed by atoms with Crippen LogP contribution in [0.15, 0.2) is 28.5 Å². The highest BCUT2D eigenvalue weighted by Crippen LogP contribution is 2.33. The first-order valence-electron chi connectivity index (χ1n) is 7.33. The molecular weight excluding hydrogens is 286 g/mol. The van der Waals surface area contributed by atoms with Gasteiger partial charge in [0.05, 0.1) is 5.39 Å². The molecule has 0 aliphatic heterocycles. The van der Waals surface area contributed by atoms with Crippen molar-refractivity contribution in [1.29, 1.82) is 0 Å². The molecule has 0 N–H and O–H groups in total. The van der Waals surface area contributed by atoms with Crippen LogP contribution in [-0.4, -0.2) is 10.3 Å². The Labute approximate surface area is 130 Å². The predicted octanol–water partition coefficient (Wildman–Crippen LogP) is 4.58. The van der Waals surface area contributed by atoms with Crippen LogP contribution in [0.25, 0.3) is 10.1 Å². The summed E-state index contributed by atoms with van der Waals surface area (Å²) in [5, 5.41) is 2.83. The molecule has 0 saturated heterocycles. The van der Waals surface area contributed by atoms with Crippen molar-refractivity contribution >= 4 is 34.1 Å². The molecule has 2 heterocycles. The maximum absolute atomic E-state index is 12.5. The Kier molecular flexibility index (Phi) is 5.33. The maximum atomic E-state index is 12.5. The molecule has 0 aliphatic rings. The van der Waals surface area contributed by atoms with Gasteiger partial charge < -0.3 is 4.57 Å². The molecule has 0 atom stereocenters. The maximum Gasteiger partial charge on any atom is 0.259 e. The van der Waals surface area contributed by atoms with Crippen LogP contribution in [0.5, 0.6) is 0 Å². The lowest BCUT2D eigenvalue weighted by Gasteiger charge is -2.32. The van der Waals surface area contributed by atoms with E-state index in [4.69, 9.17) is 0 Å². The van der Waals surface area contributed by atoms with Crippen LogP contribution in [0.2, 0.25) is 0 Å². The molecule has 0 aromatic carbocycles. The summed E-state index contributed by atoms with van der Waals surface area (Å²) < 4.78 is 2.96. The van der Waals surface area contributed by atoms with Crippen molar-refractivity contribution in [3.63, 3.8) is 0 Å². The monoisotopic (exact) mass is 309 g/mol. The summed E-state index contributed by atoms with van der Waals surface area (Å²) in [6, 6.07) is 3.99. The number of thiol groups is 1. The van der Waals surface area contributed by atoms with Gasteiger partial charge in [0.25, 0.3) is 5.56 Å². The van der Waals surface area contributed by atoms with Gasteiger partial charge in [-0.3, -0.25) is 4.79 Å². The van der Waals surface area contributed by atoms with Gasteiger partial charge in [-0.25, -0.2) is 0 Å². The third-order valence-electron chi connectivity index (χ3n) is 3.99. The van der Waals surface area contributed by atoms with Gasteiger partial charge in [-0.15, -0.1) is 11.3 Å². The Bertz CT molecular complexity index is 608. The van der Waals surface area contributed by atoms with Gasteiger partial charge in [-0.05, 0) is 41.5 Å². The first-order chi connectivity index (χ1) is 9.65. The minimum Gasteiger partial charge on any atom is -0.314 e. The molecule has 0 bridgehead atoms. The molecule has 0 unspecified atom stereocenters. The molecule has 0 spiro atoms. The zero-order chi connectivity index (χ0) is 14.6. The van der Waals surface area contributed by atoms with E-state index in [2.05, 4.69) is 32.5 Å². The third-order valence-corrected chi connectivity index (χ3v) is 5.55. The van der Waals surface area contributed by atoms with E-state index in [9.17, 15) is 4.79 Å². The van der Waals surface area contributed by atoms with Crippen molar-refractivity contribution in [3.8, 4) is 0 Å². The number of rotatable bonds is 7. The largest absolute Gasteiger partial charge is 0.314 e. The van der Waals surface area contributed by atoms with E-state index < -0.39 is 0 Å². The Balaban J connectivity index is 2.37. The molecule has 0 fully saturated rings. The van der Waals surface area contributed by atoms with Crippen molar-refractivity contribution < 1.29 is 0 Å². The van der Waals surface area contributed by atoms with Gasteiger partial charge in [0.15, 0.2) is 0 Å². The van der Waals surface area contributed by atoms with Crippen molar-refractivity contribution in [2.75, 3.05) is 5.75 Å². The molecule has 2 nitrogen and oxygen atoms in total. The Hall–Kier alpha value is -0.740. The van der Waals surface area contributed by atoms with Gasteiger partial charge in [0.1, 0.15) is 0 Å². The quantitative estimate of drug-likeness (QED) is 0.743. The van der Waals surface area contributed by atoms with E-state index >= 15 is 0 Å². The normalized spacial score (nSPS) is 12.2. The summed E-state index contributed by atoms with van der Waals surface area (Å²) in [4.78, 5) is 12.5. The number of thiophene rings is 1. The number of fused-ring (bicyclic) bond motifs is 1. The number of aromatic nitrogens is 1. The molecule has 2 aromatic rings. The fraction of sp³-hybridized carbons (Fsp3) is 0.562. The van der Waals surface area contributed by atoms with Crippen LogP contribution in [-0.2, 0) is 6.54 Å². The average Bonchev–Trinajstić information content (AvgIpc) is 2.91. The Morgan fingerprint density at radius 3 is 2.55 bits per heavy atom. The predicted molar refractivity (Wildman–Crippen MR) is 92.2 cm³/mol. The van der Waals surface area contributed by atoms with Crippen LogP contribution in [0.3, 0.4) is 0 Å². The van der Waals surface area contributed by atoms with Gasteiger partial charge in [-0.1, -0.05) is 26.7 Å². The molecular formula is C16H23NOS2. The minimum atomic E-state index is 0.139. The van der Waals surface area contributed by atoms with E-state index in [1.807, 2.05) is 22.2 Å². The van der Waals surface area contributed by atoms with Crippen molar-refractivity contribution in [3.05, 3.63) is 34.1 Å². The highest BCUT2D eigenvalue weighted by atomic mass is 32.1. The zero-order valence-corrected chi connectivity index (χ0v) is 14.0. The summed E-state index contributed by atoms with van der Waals surface area (Å²) in [5.41, 5.74) is 0.280. The van der Waals surface area contributed by atoms with Gasteiger partial charge >= 0.3 is 0 Å². The molecule has 2 rings (SSSR count). The summed E-state index contributed by atoms with van der Waals surface area (Å²) >= 11 is 6.21. The number of nitrogens with zero attached hydrogens (tertiary/aromatic N) is 1. The molecule has 0 radical (unpaired) electrons. The van der Waals surface area contributed by atoms with Crippen molar-refractivity contribution in [2.45, 2.75) is 46.1 Å². The molecule has 2 aromatic heterocycles. The lowest BCUT2D eigenvalue weighted by molar-refractivity contribution is 0.229. The highest BCUT2D eigenvalue weighted by Gasteiger charge is 2.27. The SMILES string of the molecule is CCCC(CS)(CCC)Cn1ccc2sccc2c1=O. The zero-order valence-electron chi connectivity index (χ0n) is 12.3. The second-order valence-corrected chi connectivity index (χ2v) is 6.87. The number of pyridine rings is 1. The fourth-order valence-electron chi connectivity index (χ4n) is 3.04. The molecule has 110 valence electrons. The topological polar surface area (TPSA) is 22.0 Å². The lowest BCUT2D eigenvalue weighted by atomic mass is 9.81. The van der Waals surface area contributed by atoms with Crippen LogP contribution < -0.4 is 5.56 Å². The Morgan fingerprint density at radius 2 is 1.95 bits per heavy atom. The summed E-state index contributed by atoms with van der Waals surface area (Å²) in [6.07, 6.45) is 6.47. The highest BCUT2D eigenvalue weighted by molar-refractivity contribution is 7.80. The Morgan fingerprint density at radius 1 is 1.25 bits per heavy atom. The number of hydrogen-bond donors (Lipinski definition) is 1. The number of hydrogen-bond acceptors (Lipinski definition) is 3. The van der Waals surface area contributed by atoms with Crippen molar-refractivity contribution in [1.82, 2.24) is 4.57 Å². The first-order valence-corrected chi connectivity index (χ1v) is 8.84. The lowest BCUT2D eigenvalue weighted by Crippen LogP contribution is -2.33. The minimum absolute atomic E-state index is 0.139. The molecule has 0 amide bonds. The van der Waals surface area contributed by atoms with E-state index in [1.54, 1.807) is 11.3 Å². The van der Waals surface area contributed by atoms with Crippen LogP contribution >= 0.6 is 24.0 Å².